The Morgan fingerprint density at radius 3 is 2.66 bits per heavy atom. The number of H-pyrrole nitrogens is 1. The van der Waals surface area contributed by atoms with Crippen molar-refractivity contribution in [2.75, 3.05) is 0 Å². The van der Waals surface area contributed by atoms with Crippen molar-refractivity contribution in [1.82, 2.24) is 9.78 Å². The Bertz CT molecular complexity index is 1200. The van der Waals surface area contributed by atoms with Crippen LogP contribution in [-0.2, 0) is 6.42 Å². The van der Waals surface area contributed by atoms with Gasteiger partial charge in [0.25, 0.3) is 11.2 Å². The highest BCUT2D eigenvalue weighted by molar-refractivity contribution is 9.10. The maximum absolute atomic E-state index is 12.9. The van der Waals surface area contributed by atoms with E-state index in [9.17, 15) is 14.9 Å². The van der Waals surface area contributed by atoms with Crippen LogP contribution in [0.1, 0.15) is 29.3 Å². The molecule has 0 aliphatic heterocycles. The Balaban J connectivity index is 2.10. The van der Waals surface area contributed by atoms with E-state index in [1.807, 2.05) is 19.9 Å². The summed E-state index contributed by atoms with van der Waals surface area (Å²) in [6.07, 6.45) is 1.93. The van der Waals surface area contributed by atoms with Crippen LogP contribution < -0.4 is 5.56 Å². The van der Waals surface area contributed by atoms with Crippen molar-refractivity contribution >= 4 is 45.1 Å². The lowest BCUT2D eigenvalue weighted by Gasteiger charge is -2.05. The third-order valence-electron chi connectivity index (χ3n) is 4.56. The summed E-state index contributed by atoms with van der Waals surface area (Å²) in [5.41, 5.74) is 2.93. The molecule has 1 heterocycles. The highest BCUT2D eigenvalue weighted by Gasteiger charge is 2.19. The van der Waals surface area contributed by atoms with Crippen LogP contribution in [0, 0.1) is 24.0 Å². The molecule has 1 aromatic heterocycles. The molecule has 7 nitrogen and oxygen atoms in total. The van der Waals surface area contributed by atoms with Gasteiger partial charge in [-0.05, 0) is 49.6 Å². The lowest BCUT2D eigenvalue weighted by molar-refractivity contribution is -0.384. The summed E-state index contributed by atoms with van der Waals surface area (Å²) < 4.78 is 1.98. The van der Waals surface area contributed by atoms with E-state index in [1.54, 1.807) is 25.1 Å². The van der Waals surface area contributed by atoms with Gasteiger partial charge in [-0.15, -0.1) is 0 Å². The van der Waals surface area contributed by atoms with Gasteiger partial charge in [0.15, 0.2) is 0 Å². The minimum Gasteiger partial charge on any atom is -0.295 e. The van der Waals surface area contributed by atoms with Crippen molar-refractivity contribution in [1.29, 1.82) is 0 Å². The molecule has 0 aliphatic carbocycles. The van der Waals surface area contributed by atoms with Crippen LogP contribution in [0.25, 0.3) is 5.69 Å². The quantitative estimate of drug-likeness (QED) is 0.302. The van der Waals surface area contributed by atoms with Gasteiger partial charge in [0.1, 0.15) is 5.69 Å². The number of rotatable bonds is 5. The summed E-state index contributed by atoms with van der Waals surface area (Å²) in [7, 11) is 0. The fourth-order valence-electron chi connectivity index (χ4n) is 2.94. The first-order chi connectivity index (χ1) is 13.7. The van der Waals surface area contributed by atoms with E-state index in [1.165, 1.54) is 17.0 Å². The maximum Gasteiger partial charge on any atom is 0.296 e. The van der Waals surface area contributed by atoms with E-state index < -0.39 is 4.92 Å². The molecule has 0 aliphatic rings. The summed E-state index contributed by atoms with van der Waals surface area (Å²) >= 11 is 9.46. The summed E-state index contributed by atoms with van der Waals surface area (Å²) in [6.45, 7) is 5.51. The second-order valence-electron chi connectivity index (χ2n) is 6.53. The van der Waals surface area contributed by atoms with Crippen molar-refractivity contribution in [2.24, 2.45) is 4.99 Å². The number of aryl methyl sites for hydroxylation is 3. The van der Waals surface area contributed by atoms with Crippen LogP contribution >= 0.6 is 27.5 Å². The standard InChI is InChI=1S/C20H18BrClN4O3/c1-4-13-7-14(21)8-18(26(28)29)19(13)23-10-16-12(3)24-25(20(16)27)15-6-5-11(2)17(22)9-15/h5-10,24H,4H2,1-3H3. The second kappa shape index (κ2) is 8.34. The van der Waals surface area contributed by atoms with E-state index in [0.717, 1.165) is 5.56 Å². The van der Waals surface area contributed by atoms with Gasteiger partial charge in [0, 0.05) is 27.5 Å². The largest absolute Gasteiger partial charge is 0.296 e. The number of aromatic amines is 1. The van der Waals surface area contributed by atoms with Gasteiger partial charge in [-0.25, -0.2) is 9.67 Å². The van der Waals surface area contributed by atoms with E-state index in [-0.39, 0.29) is 16.9 Å². The zero-order chi connectivity index (χ0) is 21.3. The smallest absolute Gasteiger partial charge is 0.295 e. The van der Waals surface area contributed by atoms with E-state index in [4.69, 9.17) is 11.6 Å². The third kappa shape index (κ3) is 4.18. The molecule has 2 aromatic carbocycles. The van der Waals surface area contributed by atoms with Crippen LogP contribution in [0.4, 0.5) is 11.4 Å². The zero-order valence-electron chi connectivity index (χ0n) is 16.0. The molecule has 0 unspecified atom stereocenters. The molecule has 0 amide bonds. The number of halogens is 2. The van der Waals surface area contributed by atoms with Crippen molar-refractivity contribution in [3.8, 4) is 5.69 Å². The minimum atomic E-state index is -0.479. The third-order valence-corrected chi connectivity index (χ3v) is 5.43. The first-order valence-corrected chi connectivity index (χ1v) is 9.99. The average Bonchev–Trinajstić information content (AvgIpc) is 2.96. The minimum absolute atomic E-state index is 0.119. The van der Waals surface area contributed by atoms with Gasteiger partial charge >= 0.3 is 0 Å². The number of benzene rings is 2. The molecule has 29 heavy (non-hydrogen) atoms. The van der Waals surface area contributed by atoms with Crippen LogP contribution in [-0.4, -0.2) is 20.9 Å². The van der Waals surface area contributed by atoms with Gasteiger partial charge in [0.05, 0.1) is 16.2 Å². The summed E-state index contributed by atoms with van der Waals surface area (Å²) in [4.78, 5) is 28.2. The highest BCUT2D eigenvalue weighted by atomic mass is 79.9. The predicted molar refractivity (Wildman–Crippen MR) is 118 cm³/mol. The number of aliphatic imine (C=N–C) groups is 1. The topological polar surface area (TPSA) is 93.3 Å². The molecule has 0 fully saturated rings. The molecule has 0 atom stereocenters. The van der Waals surface area contributed by atoms with Crippen molar-refractivity contribution in [3.05, 3.63) is 82.7 Å². The number of hydrogen-bond acceptors (Lipinski definition) is 4. The molecule has 150 valence electrons. The molecule has 0 saturated heterocycles. The monoisotopic (exact) mass is 476 g/mol. The number of nitro benzene ring substituents is 1. The Morgan fingerprint density at radius 2 is 2.03 bits per heavy atom. The number of hydrogen-bond donors (Lipinski definition) is 1. The van der Waals surface area contributed by atoms with E-state index in [0.29, 0.717) is 38.4 Å². The Hall–Kier alpha value is -2.71. The van der Waals surface area contributed by atoms with Crippen molar-refractivity contribution in [3.63, 3.8) is 0 Å². The predicted octanol–water partition coefficient (Wildman–Crippen LogP) is 5.42. The van der Waals surface area contributed by atoms with Gasteiger partial charge in [-0.1, -0.05) is 40.5 Å². The molecule has 0 bridgehead atoms. The Labute approximate surface area is 180 Å². The molecule has 1 N–H and O–H groups in total. The number of nitrogens with one attached hydrogen (secondary N) is 1. The van der Waals surface area contributed by atoms with E-state index in [2.05, 4.69) is 26.0 Å². The van der Waals surface area contributed by atoms with Crippen LogP contribution in [0.5, 0.6) is 0 Å². The SMILES string of the molecule is CCc1cc(Br)cc([N+](=O)[O-])c1N=Cc1c(C)[nH]n(-c2ccc(C)c(Cl)c2)c1=O. The Kier molecular flexibility index (Phi) is 6.04. The van der Waals surface area contributed by atoms with Crippen LogP contribution in [0.3, 0.4) is 0 Å². The van der Waals surface area contributed by atoms with Gasteiger partial charge in [-0.2, -0.15) is 0 Å². The Morgan fingerprint density at radius 1 is 1.31 bits per heavy atom. The molecule has 0 radical (unpaired) electrons. The normalized spacial score (nSPS) is 11.3. The van der Waals surface area contributed by atoms with Crippen molar-refractivity contribution in [2.45, 2.75) is 27.2 Å². The molecule has 0 spiro atoms. The lowest BCUT2D eigenvalue weighted by atomic mass is 10.1. The average molecular weight is 478 g/mol. The number of aromatic nitrogens is 2. The number of nitro groups is 1. The zero-order valence-corrected chi connectivity index (χ0v) is 18.3. The summed E-state index contributed by atoms with van der Waals surface area (Å²) in [5.74, 6) is 0. The van der Waals surface area contributed by atoms with Crippen molar-refractivity contribution < 1.29 is 4.92 Å². The van der Waals surface area contributed by atoms with Gasteiger partial charge in [0.2, 0.25) is 0 Å². The van der Waals surface area contributed by atoms with E-state index >= 15 is 0 Å². The molecule has 0 saturated carbocycles. The van der Waals surface area contributed by atoms with Gasteiger partial charge < -0.3 is 0 Å². The highest BCUT2D eigenvalue weighted by Crippen LogP contribution is 2.35. The molecule has 9 heteroatoms. The van der Waals surface area contributed by atoms with Gasteiger partial charge in [-0.3, -0.25) is 20.0 Å². The molecule has 3 rings (SSSR count). The summed E-state index contributed by atoms with van der Waals surface area (Å²) in [5, 5.41) is 15.0. The summed E-state index contributed by atoms with van der Waals surface area (Å²) in [6, 6.07) is 8.50. The fraction of sp³-hybridized carbons (Fsp3) is 0.200. The fourth-order valence-corrected chi connectivity index (χ4v) is 3.61. The van der Waals surface area contributed by atoms with Crippen LogP contribution in [0.15, 0.2) is 44.6 Å². The first kappa shape index (κ1) is 21.0. The van der Waals surface area contributed by atoms with Crippen LogP contribution in [0.2, 0.25) is 5.02 Å². The molecular formula is C20H18BrClN4O3. The second-order valence-corrected chi connectivity index (χ2v) is 7.85. The molecular weight excluding hydrogens is 460 g/mol. The maximum atomic E-state index is 12.9. The number of nitrogens with zero attached hydrogens (tertiary/aromatic N) is 3. The lowest BCUT2D eigenvalue weighted by Crippen LogP contribution is -2.17. The molecule has 3 aromatic rings. The first-order valence-electron chi connectivity index (χ1n) is 8.82.